The van der Waals surface area contributed by atoms with E-state index in [1.807, 2.05) is 38.1 Å². The highest BCUT2D eigenvalue weighted by Crippen LogP contribution is 2.17. The molecule has 174 valence electrons. The number of nitrogens with one attached hydrogen (secondary N) is 2. The Morgan fingerprint density at radius 1 is 1.03 bits per heavy atom. The number of halogens is 2. The Morgan fingerprint density at radius 2 is 1.61 bits per heavy atom. The number of amides is 2. The smallest absolute Gasteiger partial charge is 0.328 e. The molecule has 0 aliphatic rings. The van der Waals surface area contributed by atoms with Crippen LogP contribution in [0.15, 0.2) is 24.3 Å². The highest BCUT2D eigenvalue weighted by molar-refractivity contribution is 6.18. The molecule has 0 saturated heterocycles. The average Bonchev–Trinajstić information content (AvgIpc) is 2.71. The summed E-state index contributed by atoms with van der Waals surface area (Å²) in [5.41, 5.74) is 1.85. The topological polar surface area (TPSA) is 87.7 Å². The first-order chi connectivity index (χ1) is 14.7. The predicted molar refractivity (Wildman–Crippen MR) is 125 cm³/mol. The van der Waals surface area contributed by atoms with Crippen LogP contribution in [0.2, 0.25) is 0 Å². The second-order valence-electron chi connectivity index (χ2n) is 7.47. The zero-order chi connectivity index (χ0) is 23.4. The molecular weight excluding hydrogens is 441 g/mol. The standard InChI is InChI=1S/C22H33Cl2N3O4/c1-5-31-22(30)20(15(2)3)26-21(29)19(25-16(4)28)14-17-6-8-18(9-7-17)27(12-10-23)13-11-24/h6-9,15,19-20H,5,10-14H2,1-4H3,(H,25,28)(H,26,29)/t19-,20-/m0/s1. The van der Waals surface area contributed by atoms with Crippen molar-refractivity contribution in [1.29, 1.82) is 0 Å². The Hall–Kier alpha value is -1.99. The van der Waals surface area contributed by atoms with E-state index in [1.165, 1.54) is 6.92 Å². The second kappa shape index (κ2) is 14.1. The molecule has 2 atom stereocenters. The fourth-order valence-electron chi connectivity index (χ4n) is 3.09. The number of benzene rings is 1. The van der Waals surface area contributed by atoms with E-state index in [9.17, 15) is 14.4 Å². The monoisotopic (exact) mass is 473 g/mol. The Labute approximate surface area is 194 Å². The van der Waals surface area contributed by atoms with Gasteiger partial charge < -0.3 is 20.3 Å². The van der Waals surface area contributed by atoms with Crippen molar-refractivity contribution in [2.45, 2.75) is 46.2 Å². The number of ether oxygens (including phenoxy) is 1. The lowest BCUT2D eigenvalue weighted by Gasteiger charge is -2.25. The van der Waals surface area contributed by atoms with Crippen molar-refractivity contribution in [3.05, 3.63) is 29.8 Å². The van der Waals surface area contributed by atoms with Crippen LogP contribution in [0.3, 0.4) is 0 Å². The van der Waals surface area contributed by atoms with Crippen LogP contribution in [-0.4, -0.2) is 61.3 Å². The number of esters is 1. The number of rotatable bonds is 13. The molecule has 1 rings (SSSR count). The molecule has 0 unspecified atom stereocenters. The van der Waals surface area contributed by atoms with Gasteiger partial charge in [0.25, 0.3) is 0 Å². The lowest BCUT2D eigenvalue weighted by Crippen LogP contribution is -2.54. The minimum Gasteiger partial charge on any atom is -0.464 e. The molecule has 0 aromatic heterocycles. The summed E-state index contributed by atoms with van der Waals surface area (Å²) in [5, 5.41) is 5.40. The number of carbonyl (C=O) groups is 3. The van der Waals surface area contributed by atoms with Crippen LogP contribution in [-0.2, 0) is 25.5 Å². The predicted octanol–water partition coefficient (Wildman–Crippen LogP) is 2.72. The quantitative estimate of drug-likeness (QED) is 0.339. The highest BCUT2D eigenvalue weighted by Gasteiger charge is 2.29. The maximum absolute atomic E-state index is 12.9. The van der Waals surface area contributed by atoms with Gasteiger partial charge in [0, 0.05) is 43.9 Å². The van der Waals surface area contributed by atoms with Crippen LogP contribution in [0.4, 0.5) is 5.69 Å². The fraction of sp³-hybridized carbons (Fsp3) is 0.591. The van der Waals surface area contributed by atoms with Gasteiger partial charge in [-0.25, -0.2) is 4.79 Å². The number of carbonyl (C=O) groups excluding carboxylic acids is 3. The van der Waals surface area contributed by atoms with Crippen molar-refractivity contribution in [3.8, 4) is 0 Å². The third kappa shape index (κ3) is 9.35. The number of anilines is 1. The molecule has 7 nitrogen and oxygen atoms in total. The number of hydrogen-bond acceptors (Lipinski definition) is 5. The van der Waals surface area contributed by atoms with E-state index in [-0.39, 0.29) is 24.9 Å². The van der Waals surface area contributed by atoms with Crippen LogP contribution in [0.25, 0.3) is 0 Å². The second-order valence-corrected chi connectivity index (χ2v) is 8.23. The summed E-state index contributed by atoms with van der Waals surface area (Å²) in [4.78, 5) is 38.8. The first kappa shape index (κ1) is 27.0. The van der Waals surface area contributed by atoms with Gasteiger partial charge in [-0.2, -0.15) is 0 Å². The lowest BCUT2D eigenvalue weighted by molar-refractivity contribution is -0.149. The van der Waals surface area contributed by atoms with Crippen LogP contribution < -0.4 is 15.5 Å². The first-order valence-corrected chi connectivity index (χ1v) is 11.5. The minimum absolute atomic E-state index is 0.157. The zero-order valence-electron chi connectivity index (χ0n) is 18.6. The molecule has 0 saturated carbocycles. The van der Waals surface area contributed by atoms with Gasteiger partial charge in [-0.1, -0.05) is 26.0 Å². The fourth-order valence-corrected chi connectivity index (χ4v) is 3.50. The zero-order valence-corrected chi connectivity index (χ0v) is 20.1. The molecule has 0 radical (unpaired) electrons. The average molecular weight is 474 g/mol. The van der Waals surface area contributed by atoms with Gasteiger partial charge >= 0.3 is 5.97 Å². The number of nitrogens with zero attached hydrogens (tertiary/aromatic N) is 1. The highest BCUT2D eigenvalue weighted by atomic mass is 35.5. The van der Waals surface area contributed by atoms with E-state index in [0.29, 0.717) is 24.8 Å². The number of hydrogen-bond donors (Lipinski definition) is 2. The summed E-state index contributed by atoms with van der Waals surface area (Å²) in [7, 11) is 0. The van der Waals surface area contributed by atoms with E-state index >= 15 is 0 Å². The molecule has 0 heterocycles. The molecule has 0 bridgehead atoms. The van der Waals surface area contributed by atoms with Crippen LogP contribution in [0, 0.1) is 5.92 Å². The SMILES string of the molecule is CCOC(=O)[C@@H](NC(=O)[C@H](Cc1ccc(N(CCCl)CCCl)cc1)NC(C)=O)C(C)C. The summed E-state index contributed by atoms with van der Waals surface area (Å²) in [5.74, 6) is -0.436. The molecule has 1 aromatic rings. The van der Waals surface area contributed by atoms with Crippen molar-refractivity contribution >= 4 is 46.7 Å². The molecule has 1 aromatic carbocycles. The van der Waals surface area contributed by atoms with Crippen molar-refractivity contribution in [1.82, 2.24) is 10.6 Å². The van der Waals surface area contributed by atoms with Gasteiger partial charge in [-0.15, -0.1) is 23.2 Å². The summed E-state index contributed by atoms with van der Waals surface area (Å²) in [6.45, 7) is 8.28. The Morgan fingerprint density at radius 3 is 2.06 bits per heavy atom. The first-order valence-electron chi connectivity index (χ1n) is 10.4. The molecule has 0 fully saturated rings. The third-order valence-electron chi connectivity index (χ3n) is 4.65. The Bertz CT molecular complexity index is 707. The van der Waals surface area contributed by atoms with Gasteiger partial charge in [-0.3, -0.25) is 9.59 Å². The Balaban J connectivity index is 2.95. The van der Waals surface area contributed by atoms with Crippen LogP contribution in [0.5, 0.6) is 0 Å². The lowest BCUT2D eigenvalue weighted by atomic mass is 10.0. The summed E-state index contributed by atoms with van der Waals surface area (Å²) >= 11 is 11.7. The minimum atomic E-state index is -0.819. The summed E-state index contributed by atoms with van der Waals surface area (Å²) in [6, 6.07) is 6.07. The molecule has 2 N–H and O–H groups in total. The van der Waals surface area contributed by atoms with Crippen molar-refractivity contribution in [3.63, 3.8) is 0 Å². The van der Waals surface area contributed by atoms with E-state index in [1.54, 1.807) is 6.92 Å². The van der Waals surface area contributed by atoms with Crippen molar-refractivity contribution in [2.75, 3.05) is 36.4 Å². The Kier molecular flexibility index (Phi) is 12.3. The van der Waals surface area contributed by atoms with E-state index in [0.717, 1.165) is 11.3 Å². The van der Waals surface area contributed by atoms with Gasteiger partial charge in [0.05, 0.1) is 6.61 Å². The normalized spacial score (nSPS) is 12.7. The van der Waals surface area contributed by atoms with Crippen molar-refractivity contribution < 1.29 is 19.1 Å². The molecule has 0 aliphatic heterocycles. The molecule has 31 heavy (non-hydrogen) atoms. The summed E-state index contributed by atoms with van der Waals surface area (Å²) < 4.78 is 5.06. The molecule has 0 aliphatic carbocycles. The third-order valence-corrected chi connectivity index (χ3v) is 4.99. The number of alkyl halides is 2. The van der Waals surface area contributed by atoms with E-state index < -0.39 is 24.0 Å². The van der Waals surface area contributed by atoms with Gasteiger partial charge in [0.15, 0.2) is 0 Å². The van der Waals surface area contributed by atoms with Gasteiger partial charge in [-0.05, 0) is 30.5 Å². The maximum atomic E-state index is 12.9. The molecular formula is C22H33Cl2N3O4. The molecule has 9 heteroatoms. The molecule has 2 amide bonds. The van der Waals surface area contributed by atoms with E-state index in [4.69, 9.17) is 27.9 Å². The van der Waals surface area contributed by atoms with Crippen LogP contribution >= 0.6 is 23.2 Å². The van der Waals surface area contributed by atoms with Crippen molar-refractivity contribution in [2.24, 2.45) is 5.92 Å². The summed E-state index contributed by atoms with van der Waals surface area (Å²) in [6.07, 6.45) is 0.282. The molecule has 0 spiro atoms. The van der Waals surface area contributed by atoms with Crippen LogP contribution in [0.1, 0.15) is 33.3 Å². The van der Waals surface area contributed by atoms with Gasteiger partial charge in [0.2, 0.25) is 11.8 Å². The maximum Gasteiger partial charge on any atom is 0.328 e. The van der Waals surface area contributed by atoms with E-state index in [2.05, 4.69) is 15.5 Å². The largest absolute Gasteiger partial charge is 0.464 e. The van der Waals surface area contributed by atoms with Gasteiger partial charge in [0.1, 0.15) is 12.1 Å².